The highest BCUT2D eigenvalue weighted by molar-refractivity contribution is 5.82. The normalized spacial score (nSPS) is 19.0. The molecule has 8 heteroatoms. The molecule has 3 amide bonds. The predicted molar refractivity (Wildman–Crippen MR) is 108 cm³/mol. The number of rotatable bonds is 6. The molecule has 0 heterocycles. The van der Waals surface area contributed by atoms with Crippen molar-refractivity contribution < 1.29 is 23.9 Å². The molecule has 0 bridgehead atoms. The number of hydrogen-bond acceptors (Lipinski definition) is 5. The van der Waals surface area contributed by atoms with E-state index in [0.29, 0.717) is 0 Å². The Labute approximate surface area is 171 Å². The van der Waals surface area contributed by atoms with E-state index in [-0.39, 0.29) is 31.1 Å². The van der Waals surface area contributed by atoms with Crippen molar-refractivity contribution in [2.45, 2.75) is 70.7 Å². The second-order valence-electron chi connectivity index (χ2n) is 8.13. The van der Waals surface area contributed by atoms with E-state index >= 15 is 0 Å². The van der Waals surface area contributed by atoms with Crippen molar-refractivity contribution in [3.63, 3.8) is 0 Å². The van der Waals surface area contributed by atoms with Crippen LogP contribution in [-0.2, 0) is 20.9 Å². The SMILES string of the molecule is CC(C)(C)OC(=O)NCC(=O)NC1CCCCC1NC(=O)OCc1ccccc1. The number of amides is 3. The molecule has 1 aliphatic rings. The minimum atomic E-state index is -0.643. The molecule has 0 aromatic heterocycles. The summed E-state index contributed by atoms with van der Waals surface area (Å²) >= 11 is 0. The summed E-state index contributed by atoms with van der Waals surface area (Å²) in [6, 6.07) is 9.02. The van der Waals surface area contributed by atoms with Crippen LogP contribution in [-0.4, -0.2) is 42.3 Å². The van der Waals surface area contributed by atoms with Gasteiger partial charge in [0.15, 0.2) is 0 Å². The molecule has 8 nitrogen and oxygen atoms in total. The smallest absolute Gasteiger partial charge is 0.408 e. The van der Waals surface area contributed by atoms with Gasteiger partial charge in [-0.25, -0.2) is 9.59 Å². The molecule has 29 heavy (non-hydrogen) atoms. The van der Waals surface area contributed by atoms with Crippen molar-refractivity contribution in [3.05, 3.63) is 35.9 Å². The molecule has 1 aliphatic carbocycles. The van der Waals surface area contributed by atoms with Gasteiger partial charge in [0.05, 0.1) is 6.04 Å². The molecular weight excluding hydrogens is 374 g/mol. The Morgan fingerprint density at radius 3 is 2.21 bits per heavy atom. The Morgan fingerprint density at radius 2 is 1.59 bits per heavy atom. The fourth-order valence-electron chi connectivity index (χ4n) is 3.12. The molecule has 0 saturated heterocycles. The van der Waals surface area contributed by atoms with Crippen molar-refractivity contribution >= 4 is 18.1 Å². The molecule has 0 radical (unpaired) electrons. The van der Waals surface area contributed by atoms with Crippen molar-refractivity contribution in [1.29, 1.82) is 0 Å². The quantitative estimate of drug-likeness (QED) is 0.675. The lowest BCUT2D eigenvalue weighted by Gasteiger charge is -2.32. The molecule has 0 spiro atoms. The van der Waals surface area contributed by atoms with Gasteiger partial charge in [0, 0.05) is 6.04 Å². The standard InChI is InChI=1S/C21H31N3O5/c1-21(2,3)29-19(26)22-13-18(25)23-16-11-7-8-12-17(16)24-20(27)28-14-15-9-5-4-6-10-15/h4-6,9-10,16-17H,7-8,11-14H2,1-3H3,(H,22,26)(H,23,25)(H,24,27). The maximum Gasteiger partial charge on any atom is 0.408 e. The number of benzene rings is 1. The van der Waals surface area contributed by atoms with E-state index in [1.807, 2.05) is 30.3 Å². The van der Waals surface area contributed by atoms with Gasteiger partial charge in [0.2, 0.25) is 5.91 Å². The third-order valence-electron chi connectivity index (χ3n) is 4.42. The monoisotopic (exact) mass is 405 g/mol. The molecule has 2 rings (SSSR count). The molecular formula is C21H31N3O5. The van der Waals surface area contributed by atoms with Crippen LogP contribution in [0.1, 0.15) is 52.0 Å². The Balaban J connectivity index is 1.77. The van der Waals surface area contributed by atoms with Crippen molar-refractivity contribution in [1.82, 2.24) is 16.0 Å². The van der Waals surface area contributed by atoms with Crippen molar-refractivity contribution in [2.75, 3.05) is 6.54 Å². The van der Waals surface area contributed by atoms with Crippen LogP contribution in [0, 0.1) is 0 Å². The number of carbonyl (C=O) groups is 3. The van der Waals surface area contributed by atoms with Gasteiger partial charge in [-0.1, -0.05) is 43.2 Å². The zero-order chi connectivity index (χ0) is 21.3. The van der Waals surface area contributed by atoms with Crippen LogP contribution >= 0.6 is 0 Å². The zero-order valence-corrected chi connectivity index (χ0v) is 17.3. The Morgan fingerprint density at radius 1 is 0.966 bits per heavy atom. The van der Waals surface area contributed by atoms with E-state index in [2.05, 4.69) is 16.0 Å². The lowest BCUT2D eigenvalue weighted by molar-refractivity contribution is -0.121. The Bertz CT molecular complexity index is 687. The molecule has 2 atom stereocenters. The Kier molecular flexibility index (Phi) is 8.30. The summed E-state index contributed by atoms with van der Waals surface area (Å²) in [5.41, 5.74) is 0.281. The first-order valence-electron chi connectivity index (χ1n) is 9.96. The van der Waals surface area contributed by atoms with Crippen LogP contribution in [0.2, 0.25) is 0 Å². The Hall–Kier alpha value is -2.77. The van der Waals surface area contributed by atoms with Crippen LogP contribution in [0.3, 0.4) is 0 Å². The first-order valence-corrected chi connectivity index (χ1v) is 9.96. The number of ether oxygens (including phenoxy) is 2. The summed E-state index contributed by atoms with van der Waals surface area (Å²) in [6.07, 6.45) is 2.28. The van der Waals surface area contributed by atoms with Crippen LogP contribution in [0.15, 0.2) is 30.3 Å². The maximum absolute atomic E-state index is 12.2. The molecule has 0 aliphatic heterocycles. The fraction of sp³-hybridized carbons (Fsp3) is 0.571. The molecule has 1 aromatic rings. The molecule has 160 valence electrons. The van der Waals surface area contributed by atoms with E-state index in [9.17, 15) is 14.4 Å². The minimum absolute atomic E-state index is 0.184. The highest BCUT2D eigenvalue weighted by atomic mass is 16.6. The van der Waals surface area contributed by atoms with Gasteiger partial charge in [0.1, 0.15) is 18.8 Å². The van der Waals surface area contributed by atoms with E-state index in [0.717, 1.165) is 31.2 Å². The number of alkyl carbamates (subject to hydrolysis) is 2. The average Bonchev–Trinajstić information content (AvgIpc) is 2.66. The minimum Gasteiger partial charge on any atom is -0.445 e. The molecule has 1 aromatic carbocycles. The average molecular weight is 405 g/mol. The van der Waals surface area contributed by atoms with Crippen LogP contribution < -0.4 is 16.0 Å². The summed E-state index contributed by atoms with van der Waals surface area (Å²) in [4.78, 5) is 36.0. The topological polar surface area (TPSA) is 106 Å². The highest BCUT2D eigenvalue weighted by Gasteiger charge is 2.28. The summed E-state index contributed by atoms with van der Waals surface area (Å²) in [7, 11) is 0. The van der Waals surface area contributed by atoms with Gasteiger partial charge in [-0.3, -0.25) is 4.79 Å². The molecule has 1 fully saturated rings. The molecule has 1 saturated carbocycles. The van der Waals surface area contributed by atoms with E-state index in [4.69, 9.17) is 9.47 Å². The first kappa shape index (κ1) is 22.5. The van der Waals surface area contributed by atoms with E-state index in [1.54, 1.807) is 20.8 Å². The van der Waals surface area contributed by atoms with Crippen LogP contribution in [0.5, 0.6) is 0 Å². The maximum atomic E-state index is 12.2. The van der Waals surface area contributed by atoms with Gasteiger partial charge in [-0.05, 0) is 39.2 Å². The van der Waals surface area contributed by atoms with Crippen molar-refractivity contribution in [2.24, 2.45) is 0 Å². The third-order valence-corrected chi connectivity index (χ3v) is 4.42. The lowest BCUT2D eigenvalue weighted by atomic mass is 9.90. The summed E-state index contributed by atoms with van der Waals surface area (Å²) < 4.78 is 10.4. The number of hydrogen-bond donors (Lipinski definition) is 3. The largest absolute Gasteiger partial charge is 0.445 e. The zero-order valence-electron chi connectivity index (χ0n) is 17.3. The lowest BCUT2D eigenvalue weighted by Crippen LogP contribution is -2.54. The summed E-state index contributed by atoms with van der Waals surface area (Å²) in [5.74, 6) is -0.327. The van der Waals surface area contributed by atoms with Gasteiger partial charge in [-0.15, -0.1) is 0 Å². The third kappa shape index (κ3) is 8.85. The van der Waals surface area contributed by atoms with Crippen LogP contribution in [0.25, 0.3) is 0 Å². The molecule has 3 N–H and O–H groups in total. The van der Waals surface area contributed by atoms with Gasteiger partial charge >= 0.3 is 12.2 Å². The van der Waals surface area contributed by atoms with E-state index in [1.165, 1.54) is 0 Å². The predicted octanol–water partition coefficient (Wildman–Crippen LogP) is 2.86. The van der Waals surface area contributed by atoms with Gasteiger partial charge in [0.25, 0.3) is 0 Å². The van der Waals surface area contributed by atoms with Gasteiger partial charge < -0.3 is 25.4 Å². The summed E-state index contributed by atoms with van der Waals surface area (Å²) in [5, 5.41) is 8.18. The molecule has 2 unspecified atom stereocenters. The van der Waals surface area contributed by atoms with E-state index < -0.39 is 17.8 Å². The van der Waals surface area contributed by atoms with Crippen molar-refractivity contribution in [3.8, 4) is 0 Å². The second kappa shape index (κ2) is 10.7. The fourth-order valence-corrected chi connectivity index (χ4v) is 3.12. The number of carbonyl (C=O) groups excluding carboxylic acids is 3. The van der Waals surface area contributed by atoms with Gasteiger partial charge in [-0.2, -0.15) is 0 Å². The second-order valence-corrected chi connectivity index (χ2v) is 8.13. The first-order chi connectivity index (χ1) is 13.7. The summed E-state index contributed by atoms with van der Waals surface area (Å²) in [6.45, 7) is 5.26. The highest BCUT2D eigenvalue weighted by Crippen LogP contribution is 2.19. The van der Waals surface area contributed by atoms with Crippen LogP contribution in [0.4, 0.5) is 9.59 Å². The number of nitrogens with one attached hydrogen (secondary N) is 3.